The van der Waals surface area contributed by atoms with Crippen LogP contribution in [-0.2, 0) is 4.74 Å². The van der Waals surface area contributed by atoms with Crippen molar-refractivity contribution < 1.29 is 9.53 Å². The van der Waals surface area contributed by atoms with E-state index in [1.807, 2.05) is 19.0 Å². The topological polar surface area (TPSA) is 83.1 Å². The lowest BCUT2D eigenvalue weighted by Gasteiger charge is -2.17. The maximum absolute atomic E-state index is 11.5. The van der Waals surface area contributed by atoms with Crippen molar-refractivity contribution in [1.29, 1.82) is 0 Å². The van der Waals surface area contributed by atoms with Gasteiger partial charge in [-0.15, -0.1) is 12.4 Å². The second-order valence-corrected chi connectivity index (χ2v) is 3.86. The first-order chi connectivity index (χ1) is 8.63. The Morgan fingerprint density at radius 1 is 1.47 bits per heavy atom. The number of halogens is 1. The second-order valence-electron chi connectivity index (χ2n) is 3.86. The van der Waals surface area contributed by atoms with Gasteiger partial charge in [0, 0.05) is 14.1 Å². The van der Waals surface area contributed by atoms with Crippen molar-refractivity contribution in [2.45, 2.75) is 6.92 Å². The SMILES string of the molecule is CCOC(=O)Nc1cnc2nc[nH]c2c1N(C)C.Cl. The molecule has 19 heavy (non-hydrogen) atoms. The van der Waals surface area contributed by atoms with E-state index in [0.29, 0.717) is 17.9 Å². The third-order valence-electron chi connectivity index (χ3n) is 2.39. The van der Waals surface area contributed by atoms with E-state index >= 15 is 0 Å². The molecule has 8 heteroatoms. The summed E-state index contributed by atoms with van der Waals surface area (Å²) in [5, 5.41) is 2.66. The molecule has 0 saturated carbocycles. The summed E-state index contributed by atoms with van der Waals surface area (Å²) in [6, 6.07) is 0. The fourth-order valence-electron chi connectivity index (χ4n) is 1.71. The number of nitrogens with zero attached hydrogens (tertiary/aromatic N) is 3. The van der Waals surface area contributed by atoms with Crippen molar-refractivity contribution in [3.63, 3.8) is 0 Å². The van der Waals surface area contributed by atoms with E-state index in [0.717, 1.165) is 11.2 Å². The molecule has 2 rings (SSSR count). The van der Waals surface area contributed by atoms with Gasteiger partial charge in [-0.3, -0.25) is 5.32 Å². The zero-order chi connectivity index (χ0) is 13.1. The molecule has 2 N–H and O–H groups in total. The lowest BCUT2D eigenvalue weighted by molar-refractivity contribution is 0.168. The number of fused-ring (bicyclic) bond motifs is 1. The fourth-order valence-corrected chi connectivity index (χ4v) is 1.71. The highest BCUT2D eigenvalue weighted by molar-refractivity contribution is 5.98. The molecule has 7 nitrogen and oxygen atoms in total. The van der Waals surface area contributed by atoms with Crippen LogP contribution in [0.2, 0.25) is 0 Å². The maximum atomic E-state index is 11.5. The molecule has 0 aliphatic heterocycles. The number of amides is 1. The van der Waals surface area contributed by atoms with Crippen LogP contribution in [0.15, 0.2) is 12.5 Å². The Morgan fingerprint density at radius 3 is 2.84 bits per heavy atom. The summed E-state index contributed by atoms with van der Waals surface area (Å²) in [7, 11) is 3.76. The minimum atomic E-state index is -0.499. The molecule has 0 bridgehead atoms. The third kappa shape index (κ3) is 3.05. The molecule has 0 aliphatic carbocycles. The normalized spacial score (nSPS) is 9.84. The van der Waals surface area contributed by atoms with Crippen LogP contribution in [0.3, 0.4) is 0 Å². The zero-order valence-corrected chi connectivity index (χ0v) is 11.7. The largest absolute Gasteiger partial charge is 0.450 e. The number of aromatic amines is 1. The number of H-pyrrole nitrogens is 1. The Morgan fingerprint density at radius 2 is 2.21 bits per heavy atom. The fraction of sp³-hybridized carbons (Fsp3) is 0.364. The first kappa shape index (κ1) is 15.0. The Labute approximate surface area is 116 Å². The monoisotopic (exact) mass is 285 g/mol. The molecule has 2 heterocycles. The summed E-state index contributed by atoms with van der Waals surface area (Å²) in [5.41, 5.74) is 2.77. The minimum Gasteiger partial charge on any atom is -0.450 e. The van der Waals surface area contributed by atoms with E-state index in [9.17, 15) is 4.79 Å². The summed E-state index contributed by atoms with van der Waals surface area (Å²) in [4.78, 5) is 24.6. The van der Waals surface area contributed by atoms with E-state index in [1.54, 1.807) is 19.4 Å². The third-order valence-corrected chi connectivity index (χ3v) is 2.39. The number of ether oxygens (including phenoxy) is 1. The number of hydrogen-bond acceptors (Lipinski definition) is 5. The average Bonchev–Trinajstić information content (AvgIpc) is 2.76. The number of pyridine rings is 1. The van der Waals surface area contributed by atoms with Crippen LogP contribution >= 0.6 is 12.4 Å². The molecular formula is C11H16ClN5O2. The summed E-state index contributed by atoms with van der Waals surface area (Å²) in [6.45, 7) is 2.08. The predicted molar refractivity (Wildman–Crippen MR) is 76.1 cm³/mol. The molecule has 0 radical (unpaired) electrons. The number of anilines is 2. The minimum absolute atomic E-state index is 0. The molecule has 0 saturated heterocycles. The molecule has 0 aliphatic rings. The van der Waals surface area contributed by atoms with E-state index in [4.69, 9.17) is 4.74 Å². The quantitative estimate of drug-likeness (QED) is 0.901. The van der Waals surface area contributed by atoms with Gasteiger partial charge in [-0.1, -0.05) is 0 Å². The van der Waals surface area contributed by atoms with Gasteiger partial charge < -0.3 is 14.6 Å². The van der Waals surface area contributed by atoms with Crippen LogP contribution in [0.5, 0.6) is 0 Å². The highest BCUT2D eigenvalue weighted by atomic mass is 35.5. The highest BCUT2D eigenvalue weighted by Crippen LogP contribution is 2.30. The maximum Gasteiger partial charge on any atom is 0.411 e. The standard InChI is InChI=1S/C11H15N5O2.ClH/c1-4-18-11(17)15-7-5-12-10-8(13-6-14-10)9(7)16(2)3;/h5-6H,4H2,1-3H3,(H,15,17)(H,12,13,14);1H. The van der Waals surface area contributed by atoms with Crippen LogP contribution < -0.4 is 10.2 Å². The number of carbonyl (C=O) groups excluding carboxylic acids is 1. The van der Waals surface area contributed by atoms with E-state index in [2.05, 4.69) is 20.3 Å². The van der Waals surface area contributed by atoms with Crippen molar-refractivity contribution in [2.75, 3.05) is 30.9 Å². The summed E-state index contributed by atoms with van der Waals surface area (Å²) < 4.78 is 4.85. The van der Waals surface area contributed by atoms with Gasteiger partial charge in [-0.05, 0) is 6.92 Å². The molecule has 0 fully saturated rings. The van der Waals surface area contributed by atoms with Gasteiger partial charge in [0.15, 0.2) is 5.65 Å². The average molecular weight is 286 g/mol. The molecule has 0 spiro atoms. The molecule has 0 atom stereocenters. The Balaban J connectivity index is 0.00000180. The first-order valence-corrected chi connectivity index (χ1v) is 5.56. The zero-order valence-electron chi connectivity index (χ0n) is 10.9. The smallest absolute Gasteiger partial charge is 0.411 e. The van der Waals surface area contributed by atoms with Gasteiger partial charge in [0.25, 0.3) is 0 Å². The Hall–Kier alpha value is -2.02. The first-order valence-electron chi connectivity index (χ1n) is 5.56. The second kappa shape index (κ2) is 6.24. The van der Waals surface area contributed by atoms with E-state index in [1.165, 1.54) is 0 Å². The molecule has 104 valence electrons. The molecule has 0 aromatic carbocycles. The van der Waals surface area contributed by atoms with E-state index in [-0.39, 0.29) is 12.4 Å². The number of nitrogens with one attached hydrogen (secondary N) is 2. The van der Waals surface area contributed by atoms with Crippen LogP contribution in [0.4, 0.5) is 16.2 Å². The van der Waals surface area contributed by atoms with Gasteiger partial charge in [0.1, 0.15) is 5.52 Å². The van der Waals surface area contributed by atoms with Gasteiger partial charge in [-0.2, -0.15) is 0 Å². The van der Waals surface area contributed by atoms with Crippen LogP contribution in [0.25, 0.3) is 11.2 Å². The summed E-state index contributed by atoms with van der Waals surface area (Å²) >= 11 is 0. The molecular weight excluding hydrogens is 270 g/mol. The predicted octanol–water partition coefficient (Wildman–Crippen LogP) is 2.01. The van der Waals surface area contributed by atoms with Gasteiger partial charge in [-0.25, -0.2) is 14.8 Å². The number of carbonyl (C=O) groups is 1. The lowest BCUT2D eigenvalue weighted by atomic mass is 10.3. The van der Waals surface area contributed by atoms with Gasteiger partial charge in [0.2, 0.25) is 0 Å². The van der Waals surface area contributed by atoms with Crippen molar-refractivity contribution in [3.8, 4) is 0 Å². The van der Waals surface area contributed by atoms with Crippen LogP contribution in [0, 0.1) is 0 Å². The van der Waals surface area contributed by atoms with Crippen molar-refractivity contribution in [3.05, 3.63) is 12.5 Å². The summed E-state index contributed by atoms with van der Waals surface area (Å²) in [5.74, 6) is 0. The van der Waals surface area contributed by atoms with E-state index < -0.39 is 6.09 Å². The van der Waals surface area contributed by atoms with Crippen molar-refractivity contribution in [1.82, 2.24) is 15.0 Å². The molecule has 2 aromatic heterocycles. The number of hydrogen-bond donors (Lipinski definition) is 2. The number of aromatic nitrogens is 3. The van der Waals surface area contributed by atoms with Crippen LogP contribution in [0.1, 0.15) is 6.92 Å². The summed E-state index contributed by atoms with van der Waals surface area (Å²) in [6.07, 6.45) is 2.63. The molecule has 0 unspecified atom stereocenters. The van der Waals surface area contributed by atoms with Crippen molar-refractivity contribution >= 4 is 41.0 Å². The number of imidazole rings is 1. The Kier molecular flexibility index (Phi) is 4.94. The van der Waals surface area contributed by atoms with Gasteiger partial charge in [0.05, 0.1) is 30.5 Å². The molecule has 1 amide bonds. The number of rotatable bonds is 3. The molecule has 2 aromatic rings. The van der Waals surface area contributed by atoms with Crippen molar-refractivity contribution in [2.24, 2.45) is 0 Å². The highest BCUT2D eigenvalue weighted by Gasteiger charge is 2.14. The van der Waals surface area contributed by atoms with Gasteiger partial charge >= 0.3 is 6.09 Å². The Bertz CT molecular complexity index is 569. The van der Waals surface area contributed by atoms with Crippen LogP contribution in [-0.4, -0.2) is 41.7 Å². The lowest BCUT2D eigenvalue weighted by Crippen LogP contribution is -2.18.